The van der Waals surface area contributed by atoms with E-state index in [2.05, 4.69) is 22.5 Å². The summed E-state index contributed by atoms with van der Waals surface area (Å²) < 4.78 is 13.8. The maximum absolute atomic E-state index is 13.8. The van der Waals surface area contributed by atoms with Crippen molar-refractivity contribution >= 4 is 28.9 Å². The van der Waals surface area contributed by atoms with E-state index in [0.29, 0.717) is 10.8 Å². The number of phenolic OH excluding ortho intramolecular Hbond substituents is 1. The minimum Gasteiger partial charge on any atom is -0.508 e. The monoisotopic (exact) mass is 357 g/mol. The summed E-state index contributed by atoms with van der Waals surface area (Å²) in [5.74, 6) is -1.55. The first-order valence-corrected chi connectivity index (χ1v) is 7.97. The summed E-state index contributed by atoms with van der Waals surface area (Å²) in [5.41, 5.74) is 1.25. The second kappa shape index (κ2) is 6.90. The van der Waals surface area contributed by atoms with Crippen LogP contribution < -0.4 is 16.0 Å². The molecule has 5 nitrogen and oxygen atoms in total. The molecular formula is C18H16FN3O2S. The molecule has 1 aliphatic heterocycles. The van der Waals surface area contributed by atoms with E-state index in [-0.39, 0.29) is 11.4 Å². The number of rotatable bonds is 3. The van der Waals surface area contributed by atoms with E-state index in [9.17, 15) is 14.3 Å². The highest BCUT2D eigenvalue weighted by Crippen LogP contribution is 2.31. The van der Waals surface area contributed by atoms with Crippen LogP contribution in [0, 0.1) is 11.7 Å². The topological polar surface area (TPSA) is 73.4 Å². The summed E-state index contributed by atoms with van der Waals surface area (Å²) in [4.78, 5) is 12.8. The minimum atomic E-state index is -0.726. The van der Waals surface area contributed by atoms with Crippen molar-refractivity contribution in [1.82, 2.24) is 10.6 Å². The Bertz CT molecular complexity index is 838. The van der Waals surface area contributed by atoms with Gasteiger partial charge in [-0.3, -0.25) is 4.79 Å². The molecule has 0 aromatic heterocycles. The number of phenols is 1. The molecule has 0 saturated carbocycles. The van der Waals surface area contributed by atoms with Gasteiger partial charge in [0.15, 0.2) is 5.11 Å². The molecule has 0 bridgehead atoms. The van der Waals surface area contributed by atoms with Crippen LogP contribution in [-0.2, 0) is 4.79 Å². The molecule has 1 saturated heterocycles. The van der Waals surface area contributed by atoms with E-state index in [4.69, 9.17) is 12.2 Å². The van der Waals surface area contributed by atoms with Gasteiger partial charge < -0.3 is 21.1 Å². The van der Waals surface area contributed by atoms with Crippen molar-refractivity contribution in [2.45, 2.75) is 6.04 Å². The summed E-state index contributed by atoms with van der Waals surface area (Å²) >= 11 is 5.15. The van der Waals surface area contributed by atoms with Crippen molar-refractivity contribution in [2.75, 3.05) is 5.32 Å². The predicted octanol–water partition coefficient (Wildman–Crippen LogP) is 2.82. The average molecular weight is 357 g/mol. The summed E-state index contributed by atoms with van der Waals surface area (Å²) in [5, 5.41) is 18.3. The van der Waals surface area contributed by atoms with Crippen molar-refractivity contribution in [3.05, 3.63) is 72.2 Å². The molecule has 2 aromatic rings. The molecule has 2 atom stereocenters. The maximum Gasteiger partial charge on any atom is 0.235 e. The minimum absolute atomic E-state index is 0.0953. The molecule has 1 fully saturated rings. The number of nitrogens with one attached hydrogen (secondary N) is 3. The van der Waals surface area contributed by atoms with E-state index in [1.807, 2.05) is 0 Å². The molecule has 4 N–H and O–H groups in total. The smallest absolute Gasteiger partial charge is 0.235 e. The van der Waals surface area contributed by atoms with Gasteiger partial charge in [-0.05, 0) is 42.0 Å². The first-order valence-electron chi connectivity index (χ1n) is 7.56. The highest BCUT2D eigenvalue weighted by atomic mass is 32.1. The molecule has 1 aliphatic rings. The van der Waals surface area contributed by atoms with Crippen LogP contribution in [-0.4, -0.2) is 16.1 Å². The summed E-state index contributed by atoms with van der Waals surface area (Å²) in [7, 11) is 0. The number of halogens is 1. The standard InChI is InChI=1S/C18H16FN3O2S/c1-10-15(17(24)21-14-5-3-2-4-13(14)19)16(22-18(25)20-10)11-6-8-12(23)9-7-11/h2-9,15-16,23H,1H2,(H,21,24)(H2,20,22,25)/t15-,16+/m1/s1. The fourth-order valence-electron chi connectivity index (χ4n) is 2.73. The van der Waals surface area contributed by atoms with Crippen molar-refractivity contribution in [3.63, 3.8) is 0 Å². The van der Waals surface area contributed by atoms with Gasteiger partial charge in [0.05, 0.1) is 11.7 Å². The number of benzene rings is 2. The first kappa shape index (κ1) is 16.9. The molecule has 7 heteroatoms. The van der Waals surface area contributed by atoms with Gasteiger partial charge in [0.1, 0.15) is 17.5 Å². The van der Waals surface area contributed by atoms with Crippen LogP contribution in [0.2, 0.25) is 0 Å². The molecule has 0 aliphatic carbocycles. The number of carbonyl (C=O) groups is 1. The molecule has 2 aromatic carbocycles. The molecule has 0 spiro atoms. The van der Waals surface area contributed by atoms with Gasteiger partial charge in [0.25, 0.3) is 0 Å². The fraction of sp³-hybridized carbons (Fsp3) is 0.111. The van der Waals surface area contributed by atoms with E-state index in [0.717, 1.165) is 5.56 Å². The number of carbonyl (C=O) groups excluding carboxylic acids is 1. The van der Waals surface area contributed by atoms with E-state index in [1.165, 1.54) is 24.3 Å². The van der Waals surface area contributed by atoms with Crippen molar-refractivity contribution in [2.24, 2.45) is 5.92 Å². The van der Waals surface area contributed by atoms with Crippen LogP contribution in [0.15, 0.2) is 60.8 Å². The van der Waals surface area contributed by atoms with Crippen LogP contribution in [0.3, 0.4) is 0 Å². The van der Waals surface area contributed by atoms with Crippen molar-refractivity contribution < 1.29 is 14.3 Å². The van der Waals surface area contributed by atoms with Crippen LogP contribution >= 0.6 is 12.2 Å². The van der Waals surface area contributed by atoms with E-state index >= 15 is 0 Å². The zero-order chi connectivity index (χ0) is 18.0. The molecular weight excluding hydrogens is 341 g/mol. The molecule has 0 radical (unpaired) electrons. The maximum atomic E-state index is 13.8. The molecule has 1 amide bonds. The highest BCUT2D eigenvalue weighted by Gasteiger charge is 2.36. The van der Waals surface area contributed by atoms with Crippen molar-refractivity contribution in [3.8, 4) is 5.75 Å². The van der Waals surface area contributed by atoms with Gasteiger partial charge in [-0.15, -0.1) is 0 Å². The van der Waals surface area contributed by atoms with Crippen LogP contribution in [0.4, 0.5) is 10.1 Å². The van der Waals surface area contributed by atoms with Crippen LogP contribution in [0.5, 0.6) is 5.75 Å². The third-order valence-electron chi connectivity index (χ3n) is 3.94. The van der Waals surface area contributed by atoms with Crippen molar-refractivity contribution in [1.29, 1.82) is 0 Å². The van der Waals surface area contributed by atoms with Gasteiger partial charge in [-0.25, -0.2) is 4.39 Å². The summed E-state index contributed by atoms with van der Waals surface area (Å²) in [6, 6.07) is 11.9. The summed E-state index contributed by atoms with van der Waals surface area (Å²) in [6.07, 6.45) is 0. The number of anilines is 1. The number of hydrogen-bond donors (Lipinski definition) is 4. The molecule has 1 heterocycles. The lowest BCUT2D eigenvalue weighted by Gasteiger charge is -2.35. The number of para-hydroxylation sites is 1. The lowest BCUT2D eigenvalue weighted by molar-refractivity contribution is -0.119. The van der Waals surface area contributed by atoms with Crippen LogP contribution in [0.25, 0.3) is 0 Å². The Morgan fingerprint density at radius 2 is 1.88 bits per heavy atom. The van der Waals surface area contributed by atoms with Gasteiger partial charge in [0, 0.05) is 5.70 Å². The normalized spacial score (nSPS) is 19.7. The Morgan fingerprint density at radius 1 is 1.20 bits per heavy atom. The first-order chi connectivity index (χ1) is 12.0. The molecule has 128 valence electrons. The largest absolute Gasteiger partial charge is 0.508 e. The number of thiocarbonyl (C=S) groups is 1. The predicted molar refractivity (Wildman–Crippen MR) is 97.4 cm³/mol. The summed E-state index contributed by atoms with van der Waals surface area (Å²) in [6.45, 7) is 3.88. The SMILES string of the molecule is C=C1NC(=S)N[C@@H](c2ccc(O)cc2)[C@@H]1C(=O)Nc1ccccc1F. The number of hydrogen-bond acceptors (Lipinski definition) is 3. The third-order valence-corrected chi connectivity index (χ3v) is 4.16. The second-order valence-corrected chi connectivity index (χ2v) is 6.05. The molecule has 0 unspecified atom stereocenters. The van der Waals surface area contributed by atoms with E-state index in [1.54, 1.807) is 24.3 Å². The van der Waals surface area contributed by atoms with Gasteiger partial charge in [0.2, 0.25) is 5.91 Å². The van der Waals surface area contributed by atoms with Gasteiger partial charge in [-0.1, -0.05) is 30.8 Å². The Balaban J connectivity index is 1.90. The lowest BCUT2D eigenvalue weighted by atomic mass is 9.88. The Kier molecular flexibility index (Phi) is 4.67. The van der Waals surface area contributed by atoms with E-state index < -0.39 is 23.7 Å². The number of amides is 1. The third kappa shape index (κ3) is 3.61. The van der Waals surface area contributed by atoms with Gasteiger partial charge >= 0.3 is 0 Å². The molecule has 25 heavy (non-hydrogen) atoms. The Labute approximate surface area is 149 Å². The lowest BCUT2D eigenvalue weighted by Crippen LogP contribution is -2.51. The van der Waals surface area contributed by atoms with Gasteiger partial charge in [-0.2, -0.15) is 0 Å². The number of aromatic hydroxyl groups is 1. The molecule has 3 rings (SSSR count). The second-order valence-electron chi connectivity index (χ2n) is 5.64. The van der Waals surface area contributed by atoms with Crippen LogP contribution in [0.1, 0.15) is 11.6 Å². The fourth-order valence-corrected chi connectivity index (χ4v) is 2.98. The highest BCUT2D eigenvalue weighted by molar-refractivity contribution is 7.80. The zero-order valence-electron chi connectivity index (χ0n) is 13.1. The zero-order valence-corrected chi connectivity index (χ0v) is 13.9. The Hall–Kier alpha value is -2.93. The Morgan fingerprint density at radius 3 is 2.56 bits per heavy atom. The quantitative estimate of drug-likeness (QED) is 0.636. The average Bonchev–Trinajstić information content (AvgIpc) is 2.57.